The third-order valence-corrected chi connectivity index (χ3v) is 5.42. The number of hydrogen-bond acceptors (Lipinski definition) is 4. The predicted molar refractivity (Wildman–Crippen MR) is 105 cm³/mol. The van der Waals surface area contributed by atoms with Crippen LogP contribution in [0, 0.1) is 17.6 Å². The van der Waals surface area contributed by atoms with E-state index in [1.165, 1.54) is 36.4 Å². The van der Waals surface area contributed by atoms with Gasteiger partial charge in [-0.1, -0.05) is 30.3 Å². The number of benzene rings is 3. The van der Waals surface area contributed by atoms with Gasteiger partial charge in [0.15, 0.2) is 6.10 Å². The number of halogens is 2. The van der Waals surface area contributed by atoms with Gasteiger partial charge in [-0.2, -0.15) is 0 Å². The number of fused-ring (bicyclic) bond motifs is 1. The summed E-state index contributed by atoms with van der Waals surface area (Å²) in [6.45, 7) is 0. The molecule has 0 aromatic heterocycles. The van der Waals surface area contributed by atoms with Gasteiger partial charge in [-0.15, -0.1) is 0 Å². The second-order valence-corrected chi connectivity index (χ2v) is 7.20. The molecular weight excluding hydrogens is 390 g/mol. The maximum atomic E-state index is 13.5. The van der Waals surface area contributed by atoms with Gasteiger partial charge in [0.2, 0.25) is 5.91 Å². The lowest BCUT2D eigenvalue weighted by molar-refractivity contribution is -0.126. The van der Waals surface area contributed by atoms with Crippen LogP contribution in [0.15, 0.2) is 78.9 Å². The summed E-state index contributed by atoms with van der Waals surface area (Å²) in [4.78, 5) is 33.4. The molecule has 0 spiro atoms. The van der Waals surface area contributed by atoms with Gasteiger partial charge in [0.05, 0.1) is 17.4 Å². The van der Waals surface area contributed by atoms with Gasteiger partial charge < -0.3 is 0 Å². The van der Waals surface area contributed by atoms with Crippen LogP contribution in [0.1, 0.15) is 11.6 Å². The molecule has 150 valence electrons. The highest BCUT2D eigenvalue weighted by atomic mass is 19.1. The highest BCUT2D eigenvalue weighted by Crippen LogP contribution is 2.47. The van der Waals surface area contributed by atoms with Crippen LogP contribution >= 0.6 is 0 Å². The maximum absolute atomic E-state index is 13.5. The van der Waals surface area contributed by atoms with Crippen molar-refractivity contribution in [3.05, 3.63) is 96.1 Å². The molecule has 30 heavy (non-hydrogen) atoms. The zero-order valence-corrected chi connectivity index (χ0v) is 15.6. The lowest BCUT2D eigenvalue weighted by atomic mass is 9.90. The predicted octanol–water partition coefficient (Wildman–Crippen LogP) is 4.02. The fraction of sp³-hybridized carbons (Fsp3) is 0.130. The second kappa shape index (κ2) is 7.03. The lowest BCUT2D eigenvalue weighted by Gasteiger charge is -2.28. The van der Waals surface area contributed by atoms with E-state index in [0.717, 1.165) is 4.90 Å². The zero-order valence-electron chi connectivity index (χ0n) is 15.6. The van der Waals surface area contributed by atoms with E-state index in [1.807, 2.05) is 30.3 Å². The van der Waals surface area contributed by atoms with E-state index in [1.54, 1.807) is 17.2 Å². The second-order valence-electron chi connectivity index (χ2n) is 7.20. The number of nitrogens with zero attached hydrogens (tertiary/aromatic N) is 2. The number of rotatable bonds is 3. The Morgan fingerprint density at radius 1 is 0.700 bits per heavy atom. The number of hydrogen-bond donors (Lipinski definition) is 0. The lowest BCUT2D eigenvalue weighted by Crippen LogP contribution is -2.37. The number of carbonyl (C=O) groups is 2. The smallest absolute Gasteiger partial charge is 0.266 e. The van der Waals surface area contributed by atoms with E-state index < -0.39 is 41.5 Å². The molecule has 3 aromatic rings. The molecule has 0 saturated carbocycles. The largest absolute Gasteiger partial charge is 0.273 e. The van der Waals surface area contributed by atoms with E-state index in [2.05, 4.69) is 0 Å². The first kappa shape index (κ1) is 18.4. The van der Waals surface area contributed by atoms with Crippen LogP contribution in [-0.2, 0) is 14.4 Å². The molecule has 2 heterocycles. The summed E-state index contributed by atoms with van der Waals surface area (Å²) in [5, 5.41) is 1.54. The first-order chi connectivity index (χ1) is 14.5. The molecule has 2 fully saturated rings. The molecule has 2 aliphatic rings. The van der Waals surface area contributed by atoms with Crippen LogP contribution in [0.3, 0.4) is 0 Å². The topological polar surface area (TPSA) is 49.9 Å². The highest BCUT2D eigenvalue weighted by Gasteiger charge is 2.60. The summed E-state index contributed by atoms with van der Waals surface area (Å²) >= 11 is 0. The van der Waals surface area contributed by atoms with Crippen LogP contribution in [0.25, 0.3) is 0 Å². The third kappa shape index (κ3) is 2.86. The summed E-state index contributed by atoms with van der Waals surface area (Å²) in [5.41, 5.74) is 1.61. The Balaban J connectivity index is 1.58. The van der Waals surface area contributed by atoms with E-state index in [0.29, 0.717) is 11.3 Å². The minimum atomic E-state index is -1.03. The number of carbonyl (C=O) groups excluding carboxylic acids is 2. The van der Waals surface area contributed by atoms with Gasteiger partial charge in [-0.05, 0) is 54.1 Å². The molecule has 5 rings (SSSR count). The first-order valence-electron chi connectivity index (χ1n) is 9.44. The van der Waals surface area contributed by atoms with E-state index >= 15 is 0 Å². The van der Waals surface area contributed by atoms with Crippen LogP contribution in [-0.4, -0.2) is 17.9 Å². The monoisotopic (exact) mass is 406 g/mol. The molecule has 0 aliphatic carbocycles. The van der Waals surface area contributed by atoms with Crippen molar-refractivity contribution in [2.45, 2.75) is 12.1 Å². The maximum Gasteiger partial charge on any atom is 0.266 e. The Morgan fingerprint density at radius 2 is 1.30 bits per heavy atom. The van der Waals surface area contributed by atoms with Crippen LogP contribution in [0.4, 0.5) is 20.2 Å². The Bertz CT molecular complexity index is 1100. The van der Waals surface area contributed by atoms with Crippen molar-refractivity contribution in [2.75, 3.05) is 9.96 Å². The summed E-state index contributed by atoms with van der Waals surface area (Å²) < 4.78 is 26.8. The van der Waals surface area contributed by atoms with Gasteiger partial charge in [0.25, 0.3) is 5.91 Å². The molecule has 0 radical (unpaired) electrons. The van der Waals surface area contributed by atoms with Gasteiger partial charge in [-0.25, -0.2) is 18.7 Å². The number of imide groups is 1. The summed E-state index contributed by atoms with van der Waals surface area (Å²) in [5.74, 6) is -2.64. The standard InChI is InChI=1S/C23H16F2N2O3/c24-15-8-6-14(7-9-15)20-19-21(30-27(20)18-4-2-1-3-5-18)23(29)26(22(19)28)17-12-10-16(25)11-13-17/h1-13,19-21H. The number of hydroxylamine groups is 1. The molecule has 2 aliphatic heterocycles. The van der Waals surface area contributed by atoms with Crippen molar-refractivity contribution in [3.63, 3.8) is 0 Å². The average Bonchev–Trinajstić information content (AvgIpc) is 3.27. The molecule has 3 unspecified atom stereocenters. The van der Waals surface area contributed by atoms with Crippen LogP contribution in [0.2, 0.25) is 0 Å². The molecular formula is C23H16F2N2O3. The molecule has 5 nitrogen and oxygen atoms in total. The van der Waals surface area contributed by atoms with Crippen molar-refractivity contribution in [1.29, 1.82) is 0 Å². The molecule has 3 atom stereocenters. The van der Waals surface area contributed by atoms with E-state index in [4.69, 9.17) is 4.84 Å². The normalized spacial score (nSPS) is 23.2. The van der Waals surface area contributed by atoms with Gasteiger partial charge in [0.1, 0.15) is 17.6 Å². The molecule has 2 amide bonds. The summed E-state index contributed by atoms with van der Waals surface area (Å²) in [7, 11) is 0. The SMILES string of the molecule is O=C1C2ON(c3ccccc3)C(c3ccc(F)cc3)C2C(=O)N1c1ccc(F)cc1. The number of anilines is 2. The third-order valence-electron chi connectivity index (χ3n) is 5.42. The summed E-state index contributed by atoms with van der Waals surface area (Å²) in [6, 6.07) is 19.4. The van der Waals surface area contributed by atoms with Gasteiger partial charge in [-0.3, -0.25) is 14.4 Å². The Kier molecular flexibility index (Phi) is 4.33. The fourth-order valence-electron chi connectivity index (χ4n) is 4.06. The number of para-hydroxylation sites is 1. The molecule has 7 heteroatoms. The molecule has 3 aromatic carbocycles. The van der Waals surface area contributed by atoms with Crippen molar-refractivity contribution in [2.24, 2.45) is 5.92 Å². The Labute approximate surface area is 171 Å². The van der Waals surface area contributed by atoms with Crippen LogP contribution in [0.5, 0.6) is 0 Å². The Hall–Kier alpha value is -3.58. The molecule has 0 N–H and O–H groups in total. The quantitative estimate of drug-likeness (QED) is 0.617. The van der Waals surface area contributed by atoms with Crippen molar-refractivity contribution in [1.82, 2.24) is 0 Å². The minimum Gasteiger partial charge on any atom is -0.273 e. The average molecular weight is 406 g/mol. The molecule has 2 saturated heterocycles. The van der Waals surface area contributed by atoms with Gasteiger partial charge >= 0.3 is 0 Å². The van der Waals surface area contributed by atoms with Gasteiger partial charge in [0, 0.05) is 0 Å². The number of amides is 2. The van der Waals surface area contributed by atoms with E-state index in [9.17, 15) is 18.4 Å². The summed E-state index contributed by atoms with van der Waals surface area (Å²) in [6.07, 6.45) is -1.03. The minimum absolute atomic E-state index is 0.286. The fourth-order valence-corrected chi connectivity index (χ4v) is 4.06. The zero-order chi connectivity index (χ0) is 20.8. The van der Waals surface area contributed by atoms with Crippen molar-refractivity contribution < 1.29 is 23.2 Å². The highest BCUT2D eigenvalue weighted by molar-refractivity contribution is 6.23. The van der Waals surface area contributed by atoms with Crippen molar-refractivity contribution in [3.8, 4) is 0 Å². The van der Waals surface area contributed by atoms with Crippen molar-refractivity contribution >= 4 is 23.2 Å². The van der Waals surface area contributed by atoms with E-state index in [-0.39, 0.29) is 5.69 Å². The molecule has 0 bridgehead atoms. The van der Waals surface area contributed by atoms with Crippen LogP contribution < -0.4 is 9.96 Å². The Morgan fingerprint density at radius 3 is 1.93 bits per heavy atom. The first-order valence-corrected chi connectivity index (χ1v) is 9.44.